The summed E-state index contributed by atoms with van der Waals surface area (Å²) < 4.78 is 0. The smallest absolute Gasteiger partial charge is 0.106 e. The number of rotatable bonds is 1. The summed E-state index contributed by atoms with van der Waals surface area (Å²) >= 11 is 5.42. The first kappa shape index (κ1) is 4.94. The van der Waals surface area contributed by atoms with E-state index in [1.54, 1.807) is 0 Å². The van der Waals surface area contributed by atoms with Crippen LogP contribution in [-0.2, 0) is 0 Å². The van der Waals surface area contributed by atoms with Gasteiger partial charge in [0.15, 0.2) is 0 Å². The van der Waals surface area contributed by atoms with Gasteiger partial charge in [-0.2, -0.15) is 11.1 Å². The summed E-state index contributed by atoms with van der Waals surface area (Å²) in [5.74, 6) is 0. The molecule has 0 fully saturated rings. The van der Waals surface area contributed by atoms with Gasteiger partial charge in [-0.15, -0.1) is 0 Å². The molecular weight excluding hydrogens is 120 g/mol. The maximum Gasteiger partial charge on any atom is 0.106 e. The number of hydrogen-bond acceptors (Lipinski definition) is 0. The standard InChI is InChI=1S/ClH7Si3/c1-3-4-2/h3-4H2,2H3. The lowest BCUT2D eigenvalue weighted by molar-refractivity contribution is 4.15. The Kier molecular flexibility index (Phi) is 4.87. The molecule has 0 amide bonds. The Morgan fingerprint density at radius 2 is 2.00 bits per heavy atom. The van der Waals surface area contributed by atoms with Crippen molar-refractivity contribution in [3.05, 3.63) is 0 Å². The summed E-state index contributed by atoms with van der Waals surface area (Å²) in [6.07, 6.45) is 0. The highest BCUT2D eigenvalue weighted by atomic mass is 35.6. The summed E-state index contributed by atoms with van der Waals surface area (Å²) in [5, 5.41) is 0. The fraction of sp³-hybridized carbons (Fsp3) is 0. The van der Waals surface area contributed by atoms with Crippen molar-refractivity contribution in [2.24, 2.45) is 0 Å². The van der Waals surface area contributed by atoms with Crippen LogP contribution in [0.1, 0.15) is 0 Å². The normalized spacial score (nSPS) is 14.2. The Morgan fingerprint density at radius 1 is 1.75 bits per heavy atom. The van der Waals surface area contributed by atoms with Crippen molar-refractivity contribution in [3.63, 3.8) is 0 Å². The molecule has 0 radical (unpaired) electrons. The monoisotopic (exact) mass is 126 g/mol. The molecule has 0 aliphatic rings. The highest BCUT2D eigenvalue weighted by Gasteiger charge is 1.64. The average Bonchev–Trinajstić information content (AvgIpc) is 1.37. The van der Waals surface area contributed by atoms with E-state index in [0.29, 0.717) is 8.55 Å². The Morgan fingerprint density at radius 3 is 2.00 bits per heavy atom. The Balaban J connectivity index is 1.97. The highest BCUT2D eigenvalue weighted by molar-refractivity contribution is 7.39. The van der Waals surface area contributed by atoms with E-state index in [0.717, 1.165) is 0 Å². The minimum Gasteiger partial charge on any atom is -0.181 e. The van der Waals surface area contributed by atoms with E-state index in [-0.39, 0.29) is 8.35 Å². The Hall–Kier alpha value is 0.941. The second kappa shape index (κ2) is 3.94. The van der Waals surface area contributed by atoms with Crippen molar-refractivity contribution < 1.29 is 0 Å². The van der Waals surface area contributed by atoms with E-state index in [1.807, 2.05) is 0 Å². The van der Waals surface area contributed by atoms with Crippen molar-refractivity contribution in [1.29, 1.82) is 0 Å². The van der Waals surface area contributed by atoms with Gasteiger partial charge in [-0.1, -0.05) is 0 Å². The van der Waals surface area contributed by atoms with Crippen LogP contribution < -0.4 is 0 Å². The molecule has 26 valence electrons. The molecule has 0 aliphatic carbocycles. The minimum atomic E-state index is 0.0972. The van der Waals surface area contributed by atoms with Crippen molar-refractivity contribution >= 4 is 37.7 Å². The van der Waals surface area contributed by atoms with Gasteiger partial charge in [0.1, 0.15) is 8.35 Å². The third kappa shape index (κ3) is 2.94. The lowest BCUT2D eigenvalue weighted by Gasteiger charge is -1.60. The molecule has 4 heavy (non-hydrogen) atoms. The lowest BCUT2D eigenvalue weighted by atomic mass is 26.6. The van der Waals surface area contributed by atoms with Gasteiger partial charge in [0.05, 0.1) is 0 Å². The third-order valence-corrected chi connectivity index (χ3v) is 15.3. The third-order valence-electron chi connectivity index (χ3n) is 0.189. The zero-order valence-electron chi connectivity index (χ0n) is 2.79. The van der Waals surface area contributed by atoms with Crippen LogP contribution in [-0.4, -0.2) is 26.7 Å². The fourth-order valence-electron chi connectivity index (χ4n) is 0. The van der Waals surface area contributed by atoms with Crippen LogP contribution in [0.4, 0.5) is 0 Å². The Bertz CT molecular complexity index is 5.25. The van der Waals surface area contributed by atoms with Gasteiger partial charge in [-0.25, -0.2) is 0 Å². The summed E-state index contributed by atoms with van der Waals surface area (Å²) in [6.45, 7) is 0. The van der Waals surface area contributed by atoms with Crippen LogP contribution in [0.25, 0.3) is 0 Å². The Labute approximate surface area is 38.3 Å². The molecule has 0 N–H and O–H groups in total. The van der Waals surface area contributed by atoms with Crippen LogP contribution in [0.2, 0.25) is 0 Å². The van der Waals surface area contributed by atoms with Gasteiger partial charge in [-0.05, 0) is 9.76 Å². The van der Waals surface area contributed by atoms with E-state index in [1.165, 1.54) is 9.76 Å². The summed E-state index contributed by atoms with van der Waals surface area (Å²) in [4.78, 5) is 0. The van der Waals surface area contributed by atoms with E-state index in [9.17, 15) is 0 Å². The molecular formula is H7ClSi3. The molecule has 0 bridgehead atoms. The number of hydrogen-bond donors (Lipinski definition) is 0. The molecule has 0 saturated heterocycles. The van der Waals surface area contributed by atoms with Crippen molar-refractivity contribution in [1.82, 2.24) is 0 Å². The molecule has 0 unspecified atom stereocenters. The molecule has 0 aliphatic heterocycles. The van der Waals surface area contributed by atoms with Crippen LogP contribution in [0, 0.1) is 0 Å². The zero-order chi connectivity index (χ0) is 3.41. The van der Waals surface area contributed by atoms with E-state index in [4.69, 9.17) is 11.1 Å². The van der Waals surface area contributed by atoms with E-state index < -0.39 is 0 Å². The molecule has 0 aromatic heterocycles. The quantitative estimate of drug-likeness (QED) is 0.273. The first-order valence-electron chi connectivity index (χ1n) is 1.47. The highest BCUT2D eigenvalue weighted by Crippen LogP contribution is 1.53. The summed E-state index contributed by atoms with van der Waals surface area (Å²) in [7, 11) is 2.02. The average molecular weight is 127 g/mol. The van der Waals surface area contributed by atoms with Crippen molar-refractivity contribution in [3.8, 4) is 0 Å². The topological polar surface area (TPSA) is 0 Å². The van der Waals surface area contributed by atoms with Crippen LogP contribution in [0.15, 0.2) is 0 Å². The molecule has 0 spiro atoms. The van der Waals surface area contributed by atoms with Gasteiger partial charge in [0, 0.05) is 8.55 Å². The molecule has 4 heteroatoms. The molecule has 0 aromatic rings. The largest absolute Gasteiger partial charge is 0.181 e. The first-order valence-corrected chi connectivity index (χ1v) is 13.3. The van der Waals surface area contributed by atoms with Crippen LogP contribution >= 0.6 is 11.1 Å². The second-order valence-corrected chi connectivity index (χ2v) is 18.6. The molecule has 0 rings (SSSR count). The lowest BCUT2D eigenvalue weighted by Crippen LogP contribution is -1.91. The second-order valence-electron chi connectivity index (χ2n) is 0.689. The molecule has 0 heterocycles. The predicted molar refractivity (Wildman–Crippen MR) is 32.9 cm³/mol. The van der Waals surface area contributed by atoms with Gasteiger partial charge in [0.2, 0.25) is 0 Å². The van der Waals surface area contributed by atoms with Crippen LogP contribution in [0.5, 0.6) is 0 Å². The maximum absolute atomic E-state index is 5.42. The molecule has 0 atom stereocenters. The van der Waals surface area contributed by atoms with Crippen molar-refractivity contribution in [2.45, 2.75) is 0 Å². The predicted octanol–water partition coefficient (Wildman–Crippen LogP) is -2.33. The zero-order valence-corrected chi connectivity index (χ0v) is 8.38. The van der Waals surface area contributed by atoms with Crippen LogP contribution in [0.3, 0.4) is 0 Å². The first-order chi connectivity index (χ1) is 1.91. The van der Waals surface area contributed by atoms with E-state index in [2.05, 4.69) is 0 Å². The van der Waals surface area contributed by atoms with Gasteiger partial charge in [-0.3, -0.25) is 0 Å². The summed E-state index contributed by atoms with van der Waals surface area (Å²) in [5.41, 5.74) is 0. The molecule has 0 saturated carbocycles. The molecule has 0 aromatic carbocycles. The maximum atomic E-state index is 5.42. The fourth-order valence-corrected chi connectivity index (χ4v) is 0. The van der Waals surface area contributed by atoms with Gasteiger partial charge in [0.25, 0.3) is 0 Å². The van der Waals surface area contributed by atoms with Crippen molar-refractivity contribution in [2.75, 3.05) is 0 Å². The number of halogens is 1. The summed E-state index contributed by atoms with van der Waals surface area (Å²) in [6, 6.07) is 0. The SMILES string of the molecule is [SiH3][SiH2][SiH2]Cl. The van der Waals surface area contributed by atoms with Gasteiger partial charge >= 0.3 is 0 Å². The van der Waals surface area contributed by atoms with Gasteiger partial charge < -0.3 is 0 Å². The minimum absolute atomic E-state index is 0.0972. The molecule has 0 nitrogen and oxygen atoms in total. The van der Waals surface area contributed by atoms with E-state index >= 15 is 0 Å².